The van der Waals surface area contributed by atoms with Crippen molar-refractivity contribution >= 4 is 46.4 Å². The van der Waals surface area contributed by atoms with Gasteiger partial charge in [-0.1, -0.05) is 97.6 Å². The van der Waals surface area contributed by atoms with E-state index < -0.39 is 8.07 Å². The zero-order chi connectivity index (χ0) is 46.7. The van der Waals surface area contributed by atoms with E-state index in [-0.39, 0.29) is 25.5 Å². The normalized spacial score (nSPS) is 14.5. The summed E-state index contributed by atoms with van der Waals surface area (Å²) in [5, 5.41) is 3.57. The van der Waals surface area contributed by atoms with Gasteiger partial charge in [-0.3, -0.25) is 9.97 Å². The van der Waals surface area contributed by atoms with E-state index in [0.717, 1.165) is 80.7 Å². The SMILES string of the molecule is CC(C)Cc1cc(-c2[c-]cccc2)ncc1[Si](C)(C)C.Cc1cc2nc(-c3[c-]ccc4c3oc3nc(C(C)C(C)(C)C)ccc34)n(-c3c4c(c5c(c3C(C)C)CCCC5)CCCC4)c2cn1.[Ir]. The van der Waals surface area contributed by atoms with E-state index in [0.29, 0.717) is 23.5 Å². The summed E-state index contributed by atoms with van der Waals surface area (Å²) in [5.41, 5.74) is 19.3. The molecule has 0 bridgehead atoms. The maximum Gasteiger partial charge on any atom is 0.216 e. The van der Waals surface area contributed by atoms with E-state index in [1.54, 1.807) is 16.7 Å². The molecule has 5 aromatic heterocycles. The summed E-state index contributed by atoms with van der Waals surface area (Å²) in [5.74, 6) is 2.22. The molecule has 0 saturated heterocycles. The summed E-state index contributed by atoms with van der Waals surface area (Å²) < 4.78 is 9.16. The molecule has 351 valence electrons. The Bertz CT molecular complexity index is 3080. The monoisotopic (exact) mass is 1080 g/mol. The van der Waals surface area contributed by atoms with Gasteiger partial charge < -0.3 is 14.0 Å². The average molecular weight is 1080 g/mol. The minimum absolute atomic E-state index is 0. The fourth-order valence-corrected chi connectivity index (χ4v) is 12.2. The molecule has 5 heterocycles. The van der Waals surface area contributed by atoms with Gasteiger partial charge in [-0.25, -0.2) is 4.98 Å². The summed E-state index contributed by atoms with van der Waals surface area (Å²) in [7, 11) is -1.34. The third-order valence-corrected chi connectivity index (χ3v) is 16.4. The minimum atomic E-state index is -1.34. The molecule has 2 aliphatic rings. The summed E-state index contributed by atoms with van der Waals surface area (Å²) in [6.45, 7) is 27.6. The van der Waals surface area contributed by atoms with Crippen LogP contribution >= 0.6 is 0 Å². The number of rotatable bonds is 8. The zero-order valence-electron chi connectivity index (χ0n) is 42.0. The van der Waals surface area contributed by atoms with Gasteiger partial charge in [0.1, 0.15) is 0 Å². The Morgan fingerprint density at radius 3 is 2.12 bits per heavy atom. The molecule has 10 rings (SSSR count). The Labute approximate surface area is 414 Å². The molecule has 0 spiro atoms. The summed E-state index contributed by atoms with van der Waals surface area (Å²) in [6, 6.07) is 27.8. The second-order valence-electron chi connectivity index (χ2n) is 22.1. The van der Waals surface area contributed by atoms with Crippen LogP contribution in [0.2, 0.25) is 19.6 Å². The second-order valence-corrected chi connectivity index (χ2v) is 27.1. The number of aromatic nitrogens is 5. The van der Waals surface area contributed by atoms with Crippen molar-refractivity contribution in [2.75, 3.05) is 0 Å². The number of imidazole rings is 1. The van der Waals surface area contributed by atoms with Crippen LogP contribution in [-0.4, -0.2) is 32.6 Å². The van der Waals surface area contributed by atoms with Gasteiger partial charge in [0.25, 0.3) is 0 Å². The van der Waals surface area contributed by atoms with E-state index in [1.165, 1.54) is 66.1 Å². The number of pyridine rings is 3. The first kappa shape index (κ1) is 48.7. The predicted octanol–water partition coefficient (Wildman–Crippen LogP) is 14.8. The smallest absolute Gasteiger partial charge is 0.216 e. The molecule has 0 aliphatic heterocycles. The molecule has 8 heteroatoms. The van der Waals surface area contributed by atoms with Crippen molar-refractivity contribution in [3.63, 3.8) is 0 Å². The Morgan fingerprint density at radius 2 is 1.46 bits per heavy atom. The van der Waals surface area contributed by atoms with Crippen molar-refractivity contribution in [2.45, 2.75) is 152 Å². The van der Waals surface area contributed by atoms with Crippen LogP contribution in [0.25, 0.3) is 61.4 Å². The molecular weight excluding hydrogens is 1010 g/mol. The van der Waals surface area contributed by atoms with E-state index in [1.807, 2.05) is 37.4 Å². The van der Waals surface area contributed by atoms with Gasteiger partial charge in [0, 0.05) is 54.7 Å². The molecule has 2 aliphatic carbocycles. The van der Waals surface area contributed by atoms with E-state index in [4.69, 9.17) is 19.4 Å². The molecule has 0 N–H and O–H groups in total. The first-order chi connectivity index (χ1) is 31.5. The quantitative estimate of drug-likeness (QED) is 0.112. The molecule has 3 aromatic carbocycles. The zero-order valence-corrected chi connectivity index (χ0v) is 45.4. The molecule has 1 radical (unpaired) electrons. The first-order valence-corrected chi connectivity index (χ1v) is 28.2. The van der Waals surface area contributed by atoms with Crippen LogP contribution < -0.4 is 5.19 Å². The van der Waals surface area contributed by atoms with Crippen molar-refractivity contribution in [3.8, 4) is 28.3 Å². The fourth-order valence-electron chi connectivity index (χ4n) is 10.7. The Hall–Kier alpha value is -4.75. The Kier molecular flexibility index (Phi) is 14.0. The molecule has 1 atom stereocenters. The van der Waals surface area contributed by atoms with Crippen LogP contribution in [-0.2, 0) is 52.2 Å². The minimum Gasteiger partial charge on any atom is -0.486 e. The molecular formula is C59H69IrN5OSi-2. The van der Waals surface area contributed by atoms with Crippen molar-refractivity contribution in [3.05, 3.63) is 130 Å². The maximum atomic E-state index is 6.72. The largest absolute Gasteiger partial charge is 0.486 e. The van der Waals surface area contributed by atoms with E-state index in [2.05, 4.69) is 139 Å². The van der Waals surface area contributed by atoms with Crippen LogP contribution in [0.1, 0.15) is 138 Å². The maximum absolute atomic E-state index is 6.72. The van der Waals surface area contributed by atoms with Gasteiger partial charge in [0.2, 0.25) is 5.71 Å². The first-order valence-electron chi connectivity index (χ1n) is 24.7. The molecule has 67 heavy (non-hydrogen) atoms. The van der Waals surface area contributed by atoms with Gasteiger partial charge in [0.15, 0.2) is 0 Å². The van der Waals surface area contributed by atoms with Crippen molar-refractivity contribution in [2.24, 2.45) is 11.3 Å². The topological polar surface area (TPSA) is 69.6 Å². The number of benzene rings is 3. The standard InChI is InChI=1S/C41H45N4O.C18H24NSi.Ir/c1-23(2)36-28-15-10-8-13-26(28)27-14-9-11-16-29(27)37(36)45-35-22-42-24(3)21-34(35)43-39(45)32-18-12-17-30-31-19-20-33(25(4)41(5,6)7)44-40(31)46-38(30)32;1-14(2)11-16-12-17(15-9-7-6-8-10-15)19-13-18(16)20(3,4)5;/h12,17,19-23,25H,8-11,13-16H2,1-7H3;6-9,12-14H,11H2,1-5H3;/q2*-1;. The van der Waals surface area contributed by atoms with Gasteiger partial charge in [-0.2, -0.15) is 0 Å². The molecule has 6 nitrogen and oxygen atoms in total. The molecule has 1 unspecified atom stereocenters. The molecule has 0 amide bonds. The van der Waals surface area contributed by atoms with Crippen LogP contribution in [0.3, 0.4) is 0 Å². The van der Waals surface area contributed by atoms with E-state index in [9.17, 15) is 0 Å². The van der Waals surface area contributed by atoms with Gasteiger partial charge in [-0.15, -0.1) is 54.1 Å². The number of hydrogen-bond donors (Lipinski definition) is 0. The van der Waals surface area contributed by atoms with Crippen molar-refractivity contribution in [1.29, 1.82) is 0 Å². The van der Waals surface area contributed by atoms with Crippen LogP contribution in [0.4, 0.5) is 0 Å². The predicted molar refractivity (Wildman–Crippen MR) is 278 cm³/mol. The fraction of sp³-hybridized carbons (Fsp3) is 0.424. The summed E-state index contributed by atoms with van der Waals surface area (Å²) in [6.07, 6.45) is 15.0. The number of furan rings is 1. The van der Waals surface area contributed by atoms with E-state index >= 15 is 0 Å². The molecule has 0 saturated carbocycles. The summed E-state index contributed by atoms with van der Waals surface area (Å²) in [4.78, 5) is 20.0. The third kappa shape index (κ3) is 9.52. The van der Waals surface area contributed by atoms with Crippen molar-refractivity contribution < 1.29 is 24.5 Å². The third-order valence-electron chi connectivity index (χ3n) is 14.3. The van der Waals surface area contributed by atoms with Gasteiger partial charge >= 0.3 is 0 Å². The summed E-state index contributed by atoms with van der Waals surface area (Å²) >= 11 is 0. The second kappa shape index (κ2) is 19.3. The van der Waals surface area contributed by atoms with Crippen LogP contribution in [0, 0.1) is 30.4 Å². The number of aryl methyl sites for hydroxylation is 1. The number of fused-ring (bicyclic) bond motifs is 7. The Morgan fingerprint density at radius 1 is 0.761 bits per heavy atom. The average Bonchev–Trinajstić information content (AvgIpc) is 3.85. The molecule has 8 aromatic rings. The number of hydrogen-bond acceptors (Lipinski definition) is 5. The molecule has 0 fully saturated rings. The van der Waals surface area contributed by atoms with Crippen molar-refractivity contribution in [1.82, 2.24) is 24.5 Å². The van der Waals surface area contributed by atoms with Gasteiger partial charge in [0.05, 0.1) is 36.7 Å². The van der Waals surface area contributed by atoms with Gasteiger partial charge in [-0.05, 0) is 139 Å². The number of nitrogens with zero attached hydrogens (tertiary/aromatic N) is 5. The van der Waals surface area contributed by atoms with Crippen LogP contribution in [0.15, 0.2) is 77.5 Å². The Balaban J connectivity index is 0.000000244. The van der Waals surface area contributed by atoms with Crippen LogP contribution in [0.5, 0.6) is 0 Å².